The second-order valence-corrected chi connectivity index (χ2v) is 4.48. The van der Waals surface area contributed by atoms with E-state index in [1.807, 2.05) is 31.2 Å². The highest BCUT2D eigenvalue weighted by Crippen LogP contribution is 2.18. The predicted molar refractivity (Wildman–Crippen MR) is 72.3 cm³/mol. The highest BCUT2D eigenvalue weighted by Gasteiger charge is 2.20. The number of carbonyl (C=O) groups is 1. The van der Waals surface area contributed by atoms with E-state index in [1.54, 1.807) is 7.05 Å². The van der Waals surface area contributed by atoms with Crippen LogP contribution in [0.15, 0.2) is 40.8 Å². The average Bonchev–Trinajstić information content (AvgIpc) is 2.90. The van der Waals surface area contributed by atoms with Crippen LogP contribution < -0.4 is 0 Å². The van der Waals surface area contributed by atoms with Crippen molar-refractivity contribution >= 4 is 11.8 Å². The lowest BCUT2D eigenvalue weighted by Crippen LogP contribution is -2.26. The fourth-order valence-electron chi connectivity index (χ4n) is 1.84. The maximum absolute atomic E-state index is 12.1. The van der Waals surface area contributed by atoms with E-state index in [9.17, 15) is 14.9 Å². The number of benzene rings is 1. The third-order valence-electron chi connectivity index (χ3n) is 3.00. The molecule has 20 heavy (non-hydrogen) atoms. The first-order valence-corrected chi connectivity index (χ1v) is 6.03. The van der Waals surface area contributed by atoms with Crippen molar-refractivity contribution in [2.75, 3.05) is 7.05 Å². The van der Waals surface area contributed by atoms with Crippen molar-refractivity contribution in [2.45, 2.75) is 13.5 Å². The quantitative estimate of drug-likeness (QED) is 0.634. The fraction of sp³-hybridized carbons (Fsp3) is 0.214. The van der Waals surface area contributed by atoms with Crippen LogP contribution in [-0.4, -0.2) is 22.8 Å². The van der Waals surface area contributed by atoms with E-state index in [2.05, 4.69) is 0 Å². The van der Waals surface area contributed by atoms with Gasteiger partial charge in [-0.3, -0.25) is 14.9 Å². The summed E-state index contributed by atoms with van der Waals surface area (Å²) in [5.41, 5.74) is 2.10. The summed E-state index contributed by atoms with van der Waals surface area (Å²) in [4.78, 5) is 23.4. The predicted octanol–water partition coefficient (Wildman–Crippen LogP) is 2.77. The third-order valence-corrected chi connectivity index (χ3v) is 3.00. The van der Waals surface area contributed by atoms with Crippen molar-refractivity contribution in [3.05, 3.63) is 63.4 Å². The van der Waals surface area contributed by atoms with Crippen LogP contribution in [0.5, 0.6) is 0 Å². The van der Waals surface area contributed by atoms with E-state index in [1.165, 1.54) is 17.0 Å². The standard InChI is InChI=1S/C14H14N2O4/c1-10-5-3-4-6-11(10)9-15(2)14(17)12-7-8-13(20-12)16(18)19/h3-8H,9H2,1-2H3. The monoisotopic (exact) mass is 274 g/mol. The first-order valence-electron chi connectivity index (χ1n) is 6.03. The van der Waals surface area contributed by atoms with Gasteiger partial charge in [-0.1, -0.05) is 24.3 Å². The number of nitrogens with zero attached hydrogens (tertiary/aromatic N) is 2. The molecule has 0 spiro atoms. The Hall–Kier alpha value is -2.63. The first kappa shape index (κ1) is 13.8. The molecule has 0 unspecified atom stereocenters. The molecule has 6 nitrogen and oxygen atoms in total. The molecule has 0 aliphatic rings. The Kier molecular flexibility index (Phi) is 3.84. The van der Waals surface area contributed by atoms with Crippen LogP contribution in [0.1, 0.15) is 21.7 Å². The maximum Gasteiger partial charge on any atom is 0.433 e. The largest absolute Gasteiger partial charge is 0.433 e. The van der Waals surface area contributed by atoms with Gasteiger partial charge in [-0.25, -0.2) is 0 Å². The van der Waals surface area contributed by atoms with Gasteiger partial charge in [0.05, 0.1) is 6.07 Å². The van der Waals surface area contributed by atoms with Crippen molar-refractivity contribution < 1.29 is 14.1 Å². The Balaban J connectivity index is 2.12. The van der Waals surface area contributed by atoms with Crippen molar-refractivity contribution in [1.82, 2.24) is 4.90 Å². The van der Waals surface area contributed by atoms with Crippen molar-refractivity contribution in [2.24, 2.45) is 0 Å². The molecule has 1 aromatic carbocycles. The number of hydrogen-bond donors (Lipinski definition) is 0. The summed E-state index contributed by atoms with van der Waals surface area (Å²) in [6.07, 6.45) is 0. The lowest BCUT2D eigenvalue weighted by atomic mass is 10.1. The van der Waals surface area contributed by atoms with Crippen molar-refractivity contribution in [1.29, 1.82) is 0 Å². The normalized spacial score (nSPS) is 10.3. The number of amides is 1. The molecule has 1 aromatic heterocycles. The van der Waals surface area contributed by atoms with Gasteiger partial charge in [0, 0.05) is 13.6 Å². The Morgan fingerprint density at radius 3 is 2.60 bits per heavy atom. The van der Waals surface area contributed by atoms with Crippen molar-refractivity contribution in [3.63, 3.8) is 0 Å². The molecule has 0 fully saturated rings. The van der Waals surface area contributed by atoms with E-state index in [4.69, 9.17) is 4.42 Å². The zero-order chi connectivity index (χ0) is 14.7. The molecule has 0 aliphatic heterocycles. The second kappa shape index (κ2) is 5.56. The summed E-state index contributed by atoms with van der Waals surface area (Å²) in [6.45, 7) is 2.38. The number of hydrogen-bond acceptors (Lipinski definition) is 4. The van der Waals surface area contributed by atoms with Crippen LogP contribution in [0.4, 0.5) is 5.88 Å². The summed E-state index contributed by atoms with van der Waals surface area (Å²) < 4.78 is 4.91. The second-order valence-electron chi connectivity index (χ2n) is 4.48. The van der Waals surface area contributed by atoms with Gasteiger partial charge in [-0.05, 0) is 24.1 Å². The molecule has 2 rings (SSSR count). The number of carbonyl (C=O) groups excluding carboxylic acids is 1. The van der Waals surface area contributed by atoms with Gasteiger partial charge in [-0.15, -0.1) is 0 Å². The molecule has 0 atom stereocenters. The minimum Gasteiger partial charge on any atom is -0.395 e. The Morgan fingerprint density at radius 2 is 2.00 bits per heavy atom. The Bertz CT molecular complexity index is 648. The van der Waals surface area contributed by atoms with Gasteiger partial charge >= 0.3 is 5.88 Å². The third kappa shape index (κ3) is 2.85. The van der Waals surface area contributed by atoms with Crippen LogP contribution in [0, 0.1) is 17.0 Å². The summed E-state index contributed by atoms with van der Waals surface area (Å²) in [5.74, 6) is -0.855. The summed E-state index contributed by atoms with van der Waals surface area (Å²) in [5, 5.41) is 10.5. The van der Waals surface area contributed by atoms with Crippen LogP contribution in [-0.2, 0) is 6.54 Å². The van der Waals surface area contributed by atoms with E-state index in [0.29, 0.717) is 6.54 Å². The van der Waals surface area contributed by atoms with Gasteiger partial charge in [0.1, 0.15) is 4.92 Å². The molecule has 6 heteroatoms. The van der Waals surface area contributed by atoms with Gasteiger partial charge in [0.25, 0.3) is 5.91 Å². The van der Waals surface area contributed by atoms with Gasteiger partial charge in [-0.2, -0.15) is 0 Å². The van der Waals surface area contributed by atoms with Crippen LogP contribution in [0.2, 0.25) is 0 Å². The number of rotatable bonds is 4. The molecule has 2 aromatic rings. The highest BCUT2D eigenvalue weighted by molar-refractivity contribution is 5.91. The van der Waals surface area contributed by atoms with Crippen LogP contribution in [0.25, 0.3) is 0 Å². The number of furan rings is 1. The van der Waals surface area contributed by atoms with E-state index in [-0.39, 0.29) is 11.7 Å². The molecule has 0 saturated heterocycles. The zero-order valence-electron chi connectivity index (χ0n) is 11.2. The van der Waals surface area contributed by atoms with Crippen LogP contribution in [0.3, 0.4) is 0 Å². The topological polar surface area (TPSA) is 76.6 Å². The van der Waals surface area contributed by atoms with Gasteiger partial charge in [0.2, 0.25) is 0 Å². The SMILES string of the molecule is Cc1ccccc1CN(C)C(=O)c1ccc([N+](=O)[O-])o1. The Labute approximate surface area is 115 Å². The zero-order valence-corrected chi connectivity index (χ0v) is 11.2. The number of nitro groups is 1. The minimum absolute atomic E-state index is 0.0345. The molecule has 0 saturated carbocycles. The highest BCUT2D eigenvalue weighted by atomic mass is 16.6. The average molecular weight is 274 g/mol. The first-order chi connectivity index (χ1) is 9.49. The summed E-state index contributed by atoms with van der Waals surface area (Å²) >= 11 is 0. The van der Waals surface area contributed by atoms with Gasteiger partial charge < -0.3 is 9.32 Å². The molecule has 1 heterocycles. The molecule has 1 amide bonds. The lowest BCUT2D eigenvalue weighted by molar-refractivity contribution is -0.402. The lowest BCUT2D eigenvalue weighted by Gasteiger charge is -2.17. The van der Waals surface area contributed by atoms with E-state index < -0.39 is 10.8 Å². The Morgan fingerprint density at radius 1 is 1.30 bits per heavy atom. The molecule has 0 N–H and O–H groups in total. The maximum atomic E-state index is 12.1. The smallest absolute Gasteiger partial charge is 0.395 e. The molecular weight excluding hydrogens is 260 g/mol. The van der Waals surface area contributed by atoms with E-state index >= 15 is 0 Å². The van der Waals surface area contributed by atoms with Crippen molar-refractivity contribution in [3.8, 4) is 0 Å². The van der Waals surface area contributed by atoms with E-state index in [0.717, 1.165) is 11.1 Å². The van der Waals surface area contributed by atoms with Crippen LogP contribution >= 0.6 is 0 Å². The fourth-order valence-corrected chi connectivity index (χ4v) is 1.84. The minimum atomic E-state index is -0.669. The molecule has 0 radical (unpaired) electrons. The molecule has 104 valence electrons. The molecular formula is C14H14N2O4. The van der Waals surface area contributed by atoms with Gasteiger partial charge in [0.15, 0.2) is 5.76 Å². The summed E-state index contributed by atoms with van der Waals surface area (Å²) in [7, 11) is 1.63. The number of aryl methyl sites for hydroxylation is 1. The summed E-state index contributed by atoms with van der Waals surface area (Å²) in [6, 6.07) is 10.2. The molecule has 0 bridgehead atoms. The molecule has 0 aliphatic carbocycles.